The number of nitrogens with one attached hydrogen (secondary N) is 2. The van der Waals surface area contributed by atoms with Crippen molar-refractivity contribution in [1.82, 2.24) is 10.9 Å². The second-order valence-electron chi connectivity index (χ2n) is 2.99. The molecule has 1 amide bonds. The summed E-state index contributed by atoms with van der Waals surface area (Å²) >= 11 is 4.45. The van der Waals surface area contributed by atoms with Crippen LogP contribution in [0.4, 0.5) is 8.78 Å². The number of rotatable bonds is 2. The van der Waals surface area contributed by atoms with Gasteiger partial charge in [-0.25, -0.2) is 8.78 Å². The van der Waals surface area contributed by atoms with Gasteiger partial charge in [0.2, 0.25) is 5.91 Å². The molecule has 0 aliphatic heterocycles. The molecule has 1 rings (SSSR count). The van der Waals surface area contributed by atoms with E-state index in [1.165, 1.54) is 0 Å². The van der Waals surface area contributed by atoms with Crippen LogP contribution < -0.4 is 16.6 Å². The van der Waals surface area contributed by atoms with Crippen LogP contribution in [-0.2, 0) is 11.2 Å². The van der Waals surface area contributed by atoms with Crippen LogP contribution in [0.25, 0.3) is 0 Å². The molecule has 0 spiro atoms. The third kappa shape index (κ3) is 4.18. The lowest BCUT2D eigenvalue weighted by Gasteiger charge is -2.06. The maximum absolute atomic E-state index is 12.8. The standard InChI is InChI=1S/C9H9F2N3OS/c10-6-1-5(2-7(11)4-6)3-8(15)13-14-9(12)16/h1-2,4H,3H2,(H,13,15)(H3,12,14,16). The highest BCUT2D eigenvalue weighted by atomic mass is 32.1. The molecule has 7 heteroatoms. The van der Waals surface area contributed by atoms with Crippen molar-refractivity contribution in [3.8, 4) is 0 Å². The molecule has 1 aromatic rings. The Kier molecular flexibility index (Phi) is 4.12. The van der Waals surface area contributed by atoms with Crippen LogP contribution in [0.5, 0.6) is 0 Å². The van der Waals surface area contributed by atoms with Crippen LogP contribution in [-0.4, -0.2) is 11.0 Å². The van der Waals surface area contributed by atoms with Gasteiger partial charge in [-0.1, -0.05) is 0 Å². The minimum Gasteiger partial charge on any atom is -0.375 e. The zero-order chi connectivity index (χ0) is 12.1. The van der Waals surface area contributed by atoms with Gasteiger partial charge in [-0.3, -0.25) is 15.6 Å². The van der Waals surface area contributed by atoms with Crippen LogP contribution in [0.1, 0.15) is 5.56 Å². The Morgan fingerprint density at radius 1 is 1.25 bits per heavy atom. The first-order valence-electron chi connectivity index (χ1n) is 4.26. The second-order valence-corrected chi connectivity index (χ2v) is 3.43. The van der Waals surface area contributed by atoms with Gasteiger partial charge in [0.05, 0.1) is 6.42 Å². The average Bonchev–Trinajstić information content (AvgIpc) is 2.12. The summed E-state index contributed by atoms with van der Waals surface area (Å²) in [5.74, 6) is -1.96. The van der Waals surface area contributed by atoms with Gasteiger partial charge in [-0.05, 0) is 29.9 Å². The van der Waals surface area contributed by atoms with Crippen molar-refractivity contribution in [3.63, 3.8) is 0 Å². The van der Waals surface area contributed by atoms with E-state index in [1.807, 2.05) is 0 Å². The molecule has 4 N–H and O–H groups in total. The van der Waals surface area contributed by atoms with Crippen molar-refractivity contribution in [1.29, 1.82) is 0 Å². The topological polar surface area (TPSA) is 67.2 Å². The first-order chi connectivity index (χ1) is 7.47. The predicted molar refractivity (Wildman–Crippen MR) is 58.1 cm³/mol. The van der Waals surface area contributed by atoms with Gasteiger partial charge >= 0.3 is 0 Å². The molecule has 0 saturated heterocycles. The molecule has 0 aromatic heterocycles. The number of amides is 1. The highest BCUT2D eigenvalue weighted by molar-refractivity contribution is 7.80. The molecule has 0 fully saturated rings. The lowest BCUT2D eigenvalue weighted by molar-refractivity contribution is -0.121. The van der Waals surface area contributed by atoms with E-state index in [4.69, 9.17) is 5.73 Å². The first kappa shape index (κ1) is 12.3. The average molecular weight is 245 g/mol. The van der Waals surface area contributed by atoms with E-state index in [0.717, 1.165) is 18.2 Å². The van der Waals surface area contributed by atoms with Crippen molar-refractivity contribution in [2.24, 2.45) is 5.73 Å². The largest absolute Gasteiger partial charge is 0.375 e. The summed E-state index contributed by atoms with van der Waals surface area (Å²) in [7, 11) is 0. The maximum atomic E-state index is 12.8. The van der Waals surface area contributed by atoms with Gasteiger partial charge in [0, 0.05) is 6.07 Å². The van der Waals surface area contributed by atoms with Crippen molar-refractivity contribution < 1.29 is 13.6 Å². The molecule has 0 radical (unpaired) electrons. The van der Waals surface area contributed by atoms with Gasteiger partial charge in [-0.2, -0.15) is 0 Å². The molecule has 0 bridgehead atoms. The number of carbonyl (C=O) groups is 1. The van der Waals surface area contributed by atoms with Gasteiger partial charge in [0.1, 0.15) is 11.6 Å². The van der Waals surface area contributed by atoms with Crippen LogP contribution in [0.3, 0.4) is 0 Å². The van der Waals surface area contributed by atoms with E-state index in [9.17, 15) is 13.6 Å². The number of hydrazine groups is 1. The zero-order valence-electron chi connectivity index (χ0n) is 8.09. The third-order valence-electron chi connectivity index (χ3n) is 1.61. The van der Waals surface area contributed by atoms with Gasteiger partial charge in [0.15, 0.2) is 5.11 Å². The fourth-order valence-corrected chi connectivity index (χ4v) is 1.12. The smallest absolute Gasteiger partial charge is 0.242 e. The molecule has 0 aliphatic rings. The van der Waals surface area contributed by atoms with E-state index in [-0.39, 0.29) is 17.1 Å². The molecule has 4 nitrogen and oxygen atoms in total. The number of hydrogen-bond donors (Lipinski definition) is 3. The van der Waals surface area contributed by atoms with E-state index >= 15 is 0 Å². The maximum Gasteiger partial charge on any atom is 0.242 e. The van der Waals surface area contributed by atoms with Crippen molar-refractivity contribution >= 4 is 23.2 Å². The summed E-state index contributed by atoms with van der Waals surface area (Å²) in [6.45, 7) is 0. The van der Waals surface area contributed by atoms with Gasteiger partial charge < -0.3 is 5.73 Å². The quantitative estimate of drug-likeness (QED) is 0.520. The zero-order valence-corrected chi connectivity index (χ0v) is 8.91. The molecule has 0 aliphatic carbocycles. The monoisotopic (exact) mass is 245 g/mol. The number of halogens is 2. The van der Waals surface area contributed by atoms with E-state index in [1.54, 1.807) is 0 Å². The first-order valence-corrected chi connectivity index (χ1v) is 4.67. The Labute approximate surface area is 95.8 Å². The molecule has 16 heavy (non-hydrogen) atoms. The van der Waals surface area contributed by atoms with Crippen LogP contribution in [0.2, 0.25) is 0 Å². The molecule has 0 atom stereocenters. The Bertz CT molecular complexity index is 405. The normalized spacial score (nSPS) is 9.62. The Morgan fingerprint density at radius 3 is 2.31 bits per heavy atom. The van der Waals surface area contributed by atoms with Gasteiger partial charge in [-0.15, -0.1) is 0 Å². The van der Waals surface area contributed by atoms with E-state index in [0.29, 0.717) is 0 Å². The Balaban J connectivity index is 2.59. The number of nitrogens with two attached hydrogens (primary N) is 1. The fourth-order valence-electron chi connectivity index (χ4n) is 1.07. The number of hydrogen-bond acceptors (Lipinski definition) is 2. The molecule has 86 valence electrons. The Morgan fingerprint density at radius 2 is 1.81 bits per heavy atom. The molecular weight excluding hydrogens is 236 g/mol. The van der Waals surface area contributed by atoms with Crippen LogP contribution >= 0.6 is 12.2 Å². The van der Waals surface area contributed by atoms with E-state index < -0.39 is 17.5 Å². The molecular formula is C9H9F2N3OS. The lowest BCUT2D eigenvalue weighted by atomic mass is 10.1. The number of carbonyl (C=O) groups excluding carboxylic acids is 1. The Hall–Kier alpha value is -1.76. The summed E-state index contributed by atoms with van der Waals surface area (Å²) in [4.78, 5) is 11.2. The number of benzene rings is 1. The highest BCUT2D eigenvalue weighted by Gasteiger charge is 2.06. The van der Waals surface area contributed by atoms with Crippen LogP contribution in [0.15, 0.2) is 18.2 Å². The lowest BCUT2D eigenvalue weighted by Crippen LogP contribution is -2.44. The minimum atomic E-state index is -0.731. The molecule has 1 aromatic carbocycles. The summed E-state index contributed by atoms with van der Waals surface area (Å²) in [5.41, 5.74) is 9.68. The van der Waals surface area contributed by atoms with Gasteiger partial charge in [0.25, 0.3) is 0 Å². The van der Waals surface area contributed by atoms with E-state index in [2.05, 4.69) is 23.1 Å². The van der Waals surface area contributed by atoms with Crippen molar-refractivity contribution in [2.75, 3.05) is 0 Å². The van der Waals surface area contributed by atoms with Crippen molar-refractivity contribution in [2.45, 2.75) is 6.42 Å². The highest BCUT2D eigenvalue weighted by Crippen LogP contribution is 2.08. The molecule has 0 unspecified atom stereocenters. The van der Waals surface area contributed by atoms with Crippen LogP contribution in [0, 0.1) is 11.6 Å². The fraction of sp³-hybridized carbons (Fsp3) is 0.111. The summed E-state index contributed by atoms with van der Waals surface area (Å²) in [6, 6.07) is 2.88. The minimum absolute atomic E-state index is 0.0984. The predicted octanol–water partition coefficient (Wildman–Crippen LogP) is 0.372. The molecule has 0 saturated carbocycles. The van der Waals surface area contributed by atoms with Crippen molar-refractivity contribution in [3.05, 3.63) is 35.4 Å². The third-order valence-corrected chi connectivity index (χ3v) is 1.71. The number of thiocarbonyl (C=S) groups is 1. The SMILES string of the molecule is NC(=S)NNC(=O)Cc1cc(F)cc(F)c1. The second kappa shape index (κ2) is 5.36. The summed E-state index contributed by atoms with van der Waals surface area (Å²) in [6.07, 6.45) is -0.176. The molecule has 0 heterocycles. The summed E-state index contributed by atoms with van der Waals surface area (Å²) < 4.78 is 25.5. The summed E-state index contributed by atoms with van der Waals surface area (Å²) in [5, 5.41) is -0.0984.